The van der Waals surface area contributed by atoms with E-state index in [9.17, 15) is 4.39 Å². The number of hydrogen-bond acceptors (Lipinski definition) is 2. The molecule has 1 aromatic heterocycles. The van der Waals surface area contributed by atoms with Crippen LogP contribution in [0.15, 0.2) is 35.0 Å². The number of rotatable bonds is 3. The van der Waals surface area contributed by atoms with E-state index in [1.54, 1.807) is 0 Å². The topological polar surface area (TPSA) is 37.6 Å². The highest BCUT2D eigenvalue weighted by Gasteiger charge is 2.13. The lowest BCUT2D eigenvalue weighted by molar-refractivity contribution is 0.616. The summed E-state index contributed by atoms with van der Waals surface area (Å²) in [5.41, 5.74) is 1.30. The number of hydrogen-bond donors (Lipinski definition) is 0. The molecule has 0 aliphatic carbocycles. The molecule has 4 heteroatoms. The molecule has 0 aliphatic rings. The maximum atomic E-state index is 13.1. The van der Waals surface area contributed by atoms with Gasteiger partial charge in [0.15, 0.2) is 5.84 Å². The van der Waals surface area contributed by atoms with Crippen LogP contribution in [0.4, 0.5) is 4.39 Å². The molecule has 0 aliphatic heterocycles. The molecule has 0 amide bonds. The van der Waals surface area contributed by atoms with E-state index in [-0.39, 0.29) is 5.92 Å². The van der Waals surface area contributed by atoms with Crippen LogP contribution in [0.1, 0.15) is 31.0 Å². The molecule has 0 fully saturated rings. The van der Waals surface area contributed by atoms with Crippen LogP contribution in [0.5, 0.6) is 0 Å². The SMILES string of the molecule is C=CN=C(N=C)c1cc(F)cnc1C(C)C. The molecule has 3 nitrogen and oxygen atoms in total. The Balaban J connectivity index is 3.39. The zero-order chi connectivity index (χ0) is 12.1. The fourth-order valence-corrected chi connectivity index (χ4v) is 1.37. The van der Waals surface area contributed by atoms with Gasteiger partial charge < -0.3 is 0 Å². The van der Waals surface area contributed by atoms with Crippen molar-refractivity contribution in [1.29, 1.82) is 0 Å². The fraction of sp³-hybridized carbons (Fsp3) is 0.250. The van der Waals surface area contributed by atoms with Gasteiger partial charge in [0.25, 0.3) is 0 Å². The molecule has 1 heterocycles. The Bertz CT molecular complexity index is 436. The molecule has 0 unspecified atom stereocenters. The molecule has 0 spiro atoms. The highest BCUT2D eigenvalue weighted by Crippen LogP contribution is 2.19. The number of nitrogens with zero attached hydrogens (tertiary/aromatic N) is 3. The lowest BCUT2D eigenvalue weighted by Gasteiger charge is -2.10. The Kier molecular flexibility index (Phi) is 4.05. The Hall–Kier alpha value is -1.84. The average molecular weight is 219 g/mol. The van der Waals surface area contributed by atoms with E-state index >= 15 is 0 Å². The van der Waals surface area contributed by atoms with Crippen LogP contribution in [0.25, 0.3) is 0 Å². The van der Waals surface area contributed by atoms with E-state index in [4.69, 9.17) is 0 Å². The summed E-state index contributed by atoms with van der Waals surface area (Å²) in [7, 11) is 0. The summed E-state index contributed by atoms with van der Waals surface area (Å²) in [5.74, 6) is 0.0814. The van der Waals surface area contributed by atoms with Gasteiger partial charge in [0.1, 0.15) is 5.82 Å². The average Bonchev–Trinajstić information content (AvgIpc) is 2.25. The maximum absolute atomic E-state index is 13.1. The quantitative estimate of drug-likeness (QED) is 0.569. The van der Waals surface area contributed by atoms with Crippen molar-refractivity contribution in [2.75, 3.05) is 0 Å². The van der Waals surface area contributed by atoms with Crippen molar-refractivity contribution in [3.05, 3.63) is 42.1 Å². The van der Waals surface area contributed by atoms with Crippen LogP contribution in [-0.4, -0.2) is 17.5 Å². The highest BCUT2D eigenvalue weighted by molar-refractivity contribution is 6.02. The first-order valence-electron chi connectivity index (χ1n) is 4.91. The number of aliphatic imine (C=N–C) groups is 2. The standard InChI is InChI=1S/C12H14FN3/c1-5-15-12(14-4)10-6-9(13)7-16-11(10)8(2)3/h5-8H,1,4H2,2-3H3. The monoisotopic (exact) mass is 219 g/mol. The lowest BCUT2D eigenvalue weighted by Crippen LogP contribution is -2.07. The van der Waals surface area contributed by atoms with E-state index in [2.05, 4.69) is 28.3 Å². The Morgan fingerprint density at radius 1 is 1.56 bits per heavy atom. The molecule has 0 radical (unpaired) electrons. The van der Waals surface area contributed by atoms with E-state index in [0.29, 0.717) is 11.4 Å². The maximum Gasteiger partial charge on any atom is 0.160 e. The van der Waals surface area contributed by atoms with Crippen molar-refractivity contribution < 1.29 is 4.39 Å². The third-order valence-electron chi connectivity index (χ3n) is 2.04. The molecule has 0 N–H and O–H groups in total. The largest absolute Gasteiger partial charge is 0.257 e. The van der Waals surface area contributed by atoms with Crippen LogP contribution < -0.4 is 0 Å². The van der Waals surface area contributed by atoms with Crippen molar-refractivity contribution in [2.24, 2.45) is 9.98 Å². The van der Waals surface area contributed by atoms with Crippen molar-refractivity contribution in [1.82, 2.24) is 4.98 Å². The molecule has 0 atom stereocenters. The molecular weight excluding hydrogens is 205 g/mol. The second-order valence-corrected chi connectivity index (χ2v) is 3.53. The summed E-state index contributed by atoms with van der Waals surface area (Å²) in [4.78, 5) is 11.7. The van der Waals surface area contributed by atoms with Gasteiger partial charge in [0, 0.05) is 11.8 Å². The fourth-order valence-electron chi connectivity index (χ4n) is 1.37. The molecule has 0 saturated carbocycles. The van der Waals surface area contributed by atoms with Gasteiger partial charge in [-0.3, -0.25) is 4.98 Å². The van der Waals surface area contributed by atoms with Crippen LogP contribution in [0.2, 0.25) is 0 Å². The normalized spacial score (nSPS) is 11.6. The first-order valence-corrected chi connectivity index (χ1v) is 4.91. The summed E-state index contributed by atoms with van der Waals surface area (Å²) in [5, 5.41) is 0. The molecule has 16 heavy (non-hydrogen) atoms. The van der Waals surface area contributed by atoms with E-state index in [1.165, 1.54) is 18.5 Å². The van der Waals surface area contributed by atoms with Gasteiger partial charge in [0.05, 0.1) is 11.9 Å². The highest BCUT2D eigenvalue weighted by atomic mass is 19.1. The third kappa shape index (κ3) is 2.59. The number of amidine groups is 1. The van der Waals surface area contributed by atoms with E-state index < -0.39 is 5.82 Å². The zero-order valence-corrected chi connectivity index (χ0v) is 9.44. The minimum Gasteiger partial charge on any atom is -0.257 e. The van der Waals surface area contributed by atoms with Gasteiger partial charge in [-0.2, -0.15) is 0 Å². The number of aromatic nitrogens is 1. The van der Waals surface area contributed by atoms with Gasteiger partial charge in [-0.1, -0.05) is 20.4 Å². The molecular formula is C12H14FN3. The van der Waals surface area contributed by atoms with Gasteiger partial charge >= 0.3 is 0 Å². The van der Waals surface area contributed by atoms with Crippen molar-refractivity contribution in [3.8, 4) is 0 Å². The van der Waals surface area contributed by atoms with Crippen LogP contribution in [0, 0.1) is 5.82 Å². The van der Waals surface area contributed by atoms with Crippen molar-refractivity contribution in [3.63, 3.8) is 0 Å². The Morgan fingerprint density at radius 3 is 2.75 bits per heavy atom. The van der Waals surface area contributed by atoms with Crippen LogP contribution in [0.3, 0.4) is 0 Å². The molecule has 0 bridgehead atoms. The lowest BCUT2D eigenvalue weighted by atomic mass is 10.0. The zero-order valence-electron chi connectivity index (χ0n) is 9.44. The second-order valence-electron chi connectivity index (χ2n) is 3.53. The predicted molar refractivity (Wildman–Crippen MR) is 64.6 cm³/mol. The first kappa shape index (κ1) is 12.2. The van der Waals surface area contributed by atoms with Crippen LogP contribution in [-0.2, 0) is 0 Å². The number of halogens is 1. The summed E-state index contributed by atoms with van der Waals surface area (Å²) < 4.78 is 13.1. The molecule has 0 saturated heterocycles. The Labute approximate surface area is 94.5 Å². The molecule has 0 aromatic carbocycles. The summed E-state index contributed by atoms with van der Waals surface area (Å²) in [6.07, 6.45) is 2.53. The second kappa shape index (κ2) is 5.30. The molecule has 1 rings (SSSR count). The summed E-state index contributed by atoms with van der Waals surface area (Å²) in [6, 6.07) is 1.36. The summed E-state index contributed by atoms with van der Waals surface area (Å²) >= 11 is 0. The van der Waals surface area contributed by atoms with E-state index in [0.717, 1.165) is 5.69 Å². The van der Waals surface area contributed by atoms with Crippen LogP contribution >= 0.6 is 0 Å². The van der Waals surface area contributed by atoms with Gasteiger partial charge in [0.2, 0.25) is 0 Å². The van der Waals surface area contributed by atoms with Gasteiger partial charge in [-0.25, -0.2) is 14.4 Å². The van der Waals surface area contributed by atoms with E-state index in [1.807, 2.05) is 13.8 Å². The molecule has 84 valence electrons. The predicted octanol–water partition coefficient (Wildman–Crippen LogP) is 2.93. The minimum atomic E-state index is -0.417. The number of pyridine rings is 1. The third-order valence-corrected chi connectivity index (χ3v) is 2.04. The van der Waals surface area contributed by atoms with Crippen molar-refractivity contribution >= 4 is 12.6 Å². The van der Waals surface area contributed by atoms with Crippen molar-refractivity contribution in [2.45, 2.75) is 19.8 Å². The minimum absolute atomic E-state index is 0.160. The summed E-state index contributed by atoms with van der Waals surface area (Å²) in [6.45, 7) is 10.8. The van der Waals surface area contributed by atoms with Gasteiger partial charge in [-0.05, 0) is 18.7 Å². The Morgan fingerprint density at radius 2 is 2.25 bits per heavy atom. The van der Waals surface area contributed by atoms with Gasteiger partial charge in [-0.15, -0.1) is 0 Å². The first-order chi connectivity index (χ1) is 7.60. The molecule has 1 aromatic rings. The smallest absolute Gasteiger partial charge is 0.160 e.